The zero-order valence-electron chi connectivity index (χ0n) is 9.24. The van der Waals surface area contributed by atoms with Crippen molar-refractivity contribution >= 4 is 5.69 Å². The molecule has 0 aromatic heterocycles. The first-order valence-electron chi connectivity index (χ1n) is 5.86. The summed E-state index contributed by atoms with van der Waals surface area (Å²) in [6.45, 7) is 3.26. The Morgan fingerprint density at radius 3 is 3.13 bits per heavy atom. The van der Waals surface area contributed by atoms with Crippen LogP contribution in [0.3, 0.4) is 0 Å². The van der Waals surface area contributed by atoms with E-state index in [2.05, 4.69) is 30.0 Å². The number of rotatable bonds is 0. The van der Waals surface area contributed by atoms with Crippen molar-refractivity contribution in [2.24, 2.45) is 5.73 Å². The lowest BCUT2D eigenvalue weighted by Gasteiger charge is -2.34. The minimum absolute atomic E-state index is 0.376. The number of aryl methyl sites for hydroxylation is 1. The molecule has 0 saturated carbocycles. The summed E-state index contributed by atoms with van der Waals surface area (Å²) in [6, 6.07) is 7.72. The SMILES string of the molecule is Cc1cccc2c1CCC1CC(N)CN21. The molecule has 0 radical (unpaired) electrons. The number of nitrogens with two attached hydrogens (primary N) is 1. The molecular weight excluding hydrogens is 184 g/mol. The van der Waals surface area contributed by atoms with Crippen molar-refractivity contribution in [1.82, 2.24) is 0 Å². The molecule has 2 N–H and O–H groups in total. The van der Waals surface area contributed by atoms with Crippen molar-refractivity contribution in [3.05, 3.63) is 29.3 Å². The number of anilines is 1. The van der Waals surface area contributed by atoms with Crippen LogP contribution < -0.4 is 10.6 Å². The number of fused-ring (bicyclic) bond motifs is 3. The Bertz CT molecular complexity index is 386. The first-order chi connectivity index (χ1) is 7.25. The van der Waals surface area contributed by atoms with Crippen LogP contribution in [-0.4, -0.2) is 18.6 Å². The van der Waals surface area contributed by atoms with Crippen molar-refractivity contribution in [3.8, 4) is 0 Å². The van der Waals surface area contributed by atoms with Crippen LogP contribution in [0.25, 0.3) is 0 Å². The van der Waals surface area contributed by atoms with Gasteiger partial charge in [-0.05, 0) is 43.4 Å². The van der Waals surface area contributed by atoms with E-state index in [0.717, 1.165) is 6.54 Å². The van der Waals surface area contributed by atoms with Crippen LogP contribution in [0, 0.1) is 6.92 Å². The Kier molecular flexibility index (Phi) is 1.99. The van der Waals surface area contributed by atoms with Gasteiger partial charge in [-0.1, -0.05) is 12.1 Å². The van der Waals surface area contributed by atoms with Crippen molar-refractivity contribution in [1.29, 1.82) is 0 Å². The largest absolute Gasteiger partial charge is 0.367 e. The highest BCUT2D eigenvalue weighted by Crippen LogP contribution is 2.36. The van der Waals surface area contributed by atoms with Gasteiger partial charge in [0.15, 0.2) is 0 Å². The molecule has 2 aliphatic rings. The summed E-state index contributed by atoms with van der Waals surface area (Å²) in [5.41, 5.74) is 10.5. The van der Waals surface area contributed by atoms with Crippen LogP contribution in [0.4, 0.5) is 5.69 Å². The fourth-order valence-electron chi connectivity index (χ4n) is 3.11. The van der Waals surface area contributed by atoms with Crippen LogP contribution in [0.15, 0.2) is 18.2 Å². The van der Waals surface area contributed by atoms with E-state index < -0.39 is 0 Å². The summed E-state index contributed by atoms with van der Waals surface area (Å²) in [5, 5.41) is 0. The number of hydrogen-bond acceptors (Lipinski definition) is 2. The molecule has 1 fully saturated rings. The molecule has 1 aromatic carbocycles. The van der Waals surface area contributed by atoms with Gasteiger partial charge in [0.05, 0.1) is 0 Å². The van der Waals surface area contributed by atoms with Crippen LogP contribution in [0.5, 0.6) is 0 Å². The topological polar surface area (TPSA) is 29.3 Å². The van der Waals surface area contributed by atoms with E-state index in [9.17, 15) is 0 Å². The Labute approximate surface area is 91.1 Å². The predicted octanol–water partition coefficient (Wildman–Crippen LogP) is 1.85. The maximum absolute atomic E-state index is 6.05. The van der Waals surface area contributed by atoms with Gasteiger partial charge in [-0.3, -0.25) is 0 Å². The van der Waals surface area contributed by atoms with Gasteiger partial charge >= 0.3 is 0 Å². The van der Waals surface area contributed by atoms with E-state index in [1.807, 2.05) is 0 Å². The molecule has 1 saturated heterocycles. The van der Waals surface area contributed by atoms with E-state index in [0.29, 0.717) is 12.1 Å². The minimum atomic E-state index is 0.376. The fourth-order valence-corrected chi connectivity index (χ4v) is 3.11. The van der Waals surface area contributed by atoms with E-state index >= 15 is 0 Å². The van der Waals surface area contributed by atoms with Gasteiger partial charge < -0.3 is 10.6 Å². The second kappa shape index (κ2) is 3.24. The smallest absolute Gasteiger partial charge is 0.0404 e. The lowest BCUT2D eigenvalue weighted by molar-refractivity contribution is 0.574. The molecule has 1 aromatic rings. The van der Waals surface area contributed by atoms with Crippen LogP contribution >= 0.6 is 0 Å². The molecule has 0 bridgehead atoms. The molecule has 0 amide bonds. The summed E-state index contributed by atoms with van der Waals surface area (Å²) in [5.74, 6) is 0. The Morgan fingerprint density at radius 2 is 2.27 bits per heavy atom. The molecule has 0 aliphatic carbocycles. The molecule has 2 heterocycles. The third-order valence-corrected chi connectivity index (χ3v) is 3.87. The summed E-state index contributed by atoms with van der Waals surface area (Å²) in [6.07, 6.45) is 3.69. The van der Waals surface area contributed by atoms with Gasteiger partial charge in [0.2, 0.25) is 0 Å². The average molecular weight is 202 g/mol. The third kappa shape index (κ3) is 1.36. The lowest BCUT2D eigenvalue weighted by Crippen LogP contribution is -2.34. The summed E-state index contributed by atoms with van der Waals surface area (Å²) in [7, 11) is 0. The molecule has 2 nitrogen and oxygen atoms in total. The van der Waals surface area contributed by atoms with Gasteiger partial charge in [0.1, 0.15) is 0 Å². The molecule has 2 aliphatic heterocycles. The molecule has 2 unspecified atom stereocenters. The monoisotopic (exact) mass is 202 g/mol. The van der Waals surface area contributed by atoms with Crippen LogP contribution in [-0.2, 0) is 6.42 Å². The zero-order valence-corrected chi connectivity index (χ0v) is 9.24. The summed E-state index contributed by atoms with van der Waals surface area (Å²) < 4.78 is 0. The van der Waals surface area contributed by atoms with Gasteiger partial charge in [-0.2, -0.15) is 0 Å². The molecule has 15 heavy (non-hydrogen) atoms. The average Bonchev–Trinajstić information content (AvgIpc) is 2.59. The second-order valence-electron chi connectivity index (χ2n) is 4.91. The first-order valence-corrected chi connectivity index (χ1v) is 5.86. The van der Waals surface area contributed by atoms with Gasteiger partial charge in [0.25, 0.3) is 0 Å². The standard InChI is InChI=1S/C13H18N2/c1-9-3-2-4-13-12(9)6-5-11-7-10(14)8-15(11)13/h2-4,10-11H,5-8,14H2,1H3. The Morgan fingerprint density at radius 1 is 1.40 bits per heavy atom. The quantitative estimate of drug-likeness (QED) is 0.695. The van der Waals surface area contributed by atoms with Crippen LogP contribution in [0.1, 0.15) is 24.0 Å². The molecule has 0 spiro atoms. The Hall–Kier alpha value is -1.02. The highest BCUT2D eigenvalue weighted by molar-refractivity contribution is 5.60. The first kappa shape index (κ1) is 9.22. The molecule has 3 rings (SSSR count). The van der Waals surface area contributed by atoms with Gasteiger partial charge in [-0.25, -0.2) is 0 Å². The van der Waals surface area contributed by atoms with Crippen LogP contribution in [0.2, 0.25) is 0 Å². The highest BCUT2D eigenvalue weighted by atomic mass is 15.2. The minimum Gasteiger partial charge on any atom is -0.367 e. The van der Waals surface area contributed by atoms with Crippen molar-refractivity contribution in [3.63, 3.8) is 0 Å². The van der Waals surface area contributed by atoms with Gasteiger partial charge in [0, 0.05) is 24.3 Å². The zero-order chi connectivity index (χ0) is 10.4. The lowest BCUT2D eigenvalue weighted by atomic mass is 9.93. The second-order valence-corrected chi connectivity index (χ2v) is 4.91. The highest BCUT2D eigenvalue weighted by Gasteiger charge is 2.34. The van der Waals surface area contributed by atoms with E-state index in [4.69, 9.17) is 5.73 Å². The van der Waals surface area contributed by atoms with E-state index in [1.54, 1.807) is 5.56 Å². The molecular formula is C13H18N2. The number of benzene rings is 1. The predicted molar refractivity (Wildman–Crippen MR) is 63.2 cm³/mol. The van der Waals surface area contributed by atoms with E-state index in [1.165, 1.54) is 30.5 Å². The normalized spacial score (nSPS) is 28.8. The van der Waals surface area contributed by atoms with Crippen molar-refractivity contribution in [2.75, 3.05) is 11.4 Å². The van der Waals surface area contributed by atoms with E-state index in [-0.39, 0.29) is 0 Å². The Balaban J connectivity index is 2.05. The fraction of sp³-hybridized carbons (Fsp3) is 0.538. The summed E-state index contributed by atoms with van der Waals surface area (Å²) in [4.78, 5) is 2.52. The molecule has 2 atom stereocenters. The molecule has 80 valence electrons. The summed E-state index contributed by atoms with van der Waals surface area (Å²) >= 11 is 0. The number of hydrogen-bond donors (Lipinski definition) is 1. The number of nitrogens with zero attached hydrogens (tertiary/aromatic N) is 1. The maximum Gasteiger partial charge on any atom is 0.0404 e. The molecule has 2 heteroatoms. The van der Waals surface area contributed by atoms with Crippen molar-refractivity contribution < 1.29 is 0 Å². The third-order valence-electron chi connectivity index (χ3n) is 3.87. The van der Waals surface area contributed by atoms with Gasteiger partial charge in [-0.15, -0.1) is 0 Å². The van der Waals surface area contributed by atoms with Crippen molar-refractivity contribution in [2.45, 2.75) is 38.3 Å². The maximum atomic E-state index is 6.05.